The lowest BCUT2D eigenvalue weighted by atomic mass is 10.1. The summed E-state index contributed by atoms with van der Waals surface area (Å²) in [4.78, 5) is 8.32. The van der Waals surface area contributed by atoms with Crippen molar-refractivity contribution in [2.45, 2.75) is 26.2 Å². The summed E-state index contributed by atoms with van der Waals surface area (Å²) in [7, 11) is 1.80. The molecule has 0 fully saturated rings. The van der Waals surface area contributed by atoms with Crippen LogP contribution in [0.25, 0.3) is 0 Å². The molecular formula is C15H19N3O. The largest absolute Gasteiger partial charge is 0.437 e. The summed E-state index contributed by atoms with van der Waals surface area (Å²) in [5, 5.41) is 2.93. The van der Waals surface area contributed by atoms with Crippen LogP contribution in [0.15, 0.2) is 36.7 Å². The van der Waals surface area contributed by atoms with Crippen LogP contribution in [0.3, 0.4) is 0 Å². The third kappa shape index (κ3) is 3.95. The zero-order valence-electron chi connectivity index (χ0n) is 11.4. The smallest absolute Gasteiger partial charge is 0.239 e. The highest BCUT2D eigenvalue weighted by molar-refractivity contribution is 5.35. The fourth-order valence-corrected chi connectivity index (χ4v) is 1.74. The number of aromatic nitrogens is 2. The van der Waals surface area contributed by atoms with E-state index in [1.165, 1.54) is 18.4 Å². The Bertz CT molecular complexity index is 511. The van der Waals surface area contributed by atoms with Crippen molar-refractivity contribution in [3.63, 3.8) is 0 Å². The van der Waals surface area contributed by atoms with Crippen LogP contribution >= 0.6 is 0 Å². The van der Waals surface area contributed by atoms with E-state index in [1.54, 1.807) is 19.4 Å². The molecule has 0 saturated carbocycles. The SMILES string of the molecule is CCCCc1ccc(Oc2cncc(NC)n2)cc1. The van der Waals surface area contributed by atoms with E-state index in [-0.39, 0.29) is 0 Å². The van der Waals surface area contributed by atoms with Gasteiger partial charge in [-0.1, -0.05) is 25.5 Å². The Labute approximate surface area is 113 Å². The molecule has 100 valence electrons. The van der Waals surface area contributed by atoms with Crippen LogP contribution < -0.4 is 10.1 Å². The number of nitrogens with zero attached hydrogens (tertiary/aromatic N) is 2. The van der Waals surface area contributed by atoms with E-state index in [4.69, 9.17) is 4.74 Å². The van der Waals surface area contributed by atoms with Crippen molar-refractivity contribution in [2.75, 3.05) is 12.4 Å². The molecule has 1 N–H and O–H groups in total. The molecule has 2 aromatic rings. The van der Waals surface area contributed by atoms with Gasteiger partial charge in [0.15, 0.2) is 0 Å². The van der Waals surface area contributed by atoms with Crippen molar-refractivity contribution in [1.82, 2.24) is 9.97 Å². The van der Waals surface area contributed by atoms with Crippen molar-refractivity contribution in [3.05, 3.63) is 42.2 Å². The number of aryl methyl sites for hydroxylation is 1. The summed E-state index contributed by atoms with van der Waals surface area (Å²) in [6.45, 7) is 2.20. The maximum atomic E-state index is 5.67. The Hall–Kier alpha value is -2.10. The number of nitrogens with one attached hydrogen (secondary N) is 1. The number of hydrogen-bond donors (Lipinski definition) is 1. The molecule has 1 heterocycles. The molecule has 0 saturated heterocycles. The monoisotopic (exact) mass is 257 g/mol. The van der Waals surface area contributed by atoms with Crippen molar-refractivity contribution in [1.29, 1.82) is 0 Å². The maximum absolute atomic E-state index is 5.67. The van der Waals surface area contributed by atoms with Crippen molar-refractivity contribution < 1.29 is 4.74 Å². The highest BCUT2D eigenvalue weighted by atomic mass is 16.5. The van der Waals surface area contributed by atoms with Gasteiger partial charge in [-0.3, -0.25) is 4.98 Å². The van der Waals surface area contributed by atoms with Crippen LogP contribution in [0.1, 0.15) is 25.3 Å². The second-order valence-electron chi connectivity index (χ2n) is 4.34. The summed E-state index contributed by atoms with van der Waals surface area (Å²) in [6, 6.07) is 8.14. The van der Waals surface area contributed by atoms with Crippen LogP contribution in [0.4, 0.5) is 5.82 Å². The van der Waals surface area contributed by atoms with Gasteiger partial charge in [0.05, 0.1) is 12.4 Å². The molecule has 1 aromatic heterocycles. The van der Waals surface area contributed by atoms with Gasteiger partial charge >= 0.3 is 0 Å². The Kier molecular flexibility index (Phi) is 4.72. The van der Waals surface area contributed by atoms with Gasteiger partial charge < -0.3 is 10.1 Å². The number of ether oxygens (including phenoxy) is 1. The molecule has 1 aromatic carbocycles. The first-order chi connectivity index (χ1) is 9.31. The number of anilines is 1. The zero-order valence-corrected chi connectivity index (χ0v) is 11.4. The number of unbranched alkanes of at least 4 members (excludes halogenated alkanes) is 1. The standard InChI is InChI=1S/C15H19N3O/c1-3-4-5-12-6-8-13(9-7-12)19-15-11-17-10-14(16-2)18-15/h6-11H,3-5H2,1-2H3,(H,16,18). The fraction of sp³-hybridized carbons (Fsp3) is 0.333. The highest BCUT2D eigenvalue weighted by Gasteiger charge is 2.01. The summed E-state index contributed by atoms with van der Waals surface area (Å²) < 4.78 is 5.67. The second-order valence-corrected chi connectivity index (χ2v) is 4.34. The number of rotatable bonds is 6. The Morgan fingerprint density at radius 1 is 1.16 bits per heavy atom. The average Bonchev–Trinajstić information content (AvgIpc) is 2.47. The van der Waals surface area contributed by atoms with Crippen molar-refractivity contribution in [2.24, 2.45) is 0 Å². The van der Waals surface area contributed by atoms with Crippen LogP contribution in [0, 0.1) is 0 Å². The molecule has 19 heavy (non-hydrogen) atoms. The lowest BCUT2D eigenvalue weighted by Crippen LogP contribution is -1.96. The normalized spacial score (nSPS) is 10.2. The fourth-order valence-electron chi connectivity index (χ4n) is 1.74. The summed E-state index contributed by atoms with van der Waals surface area (Å²) >= 11 is 0. The molecule has 0 aliphatic carbocycles. The molecule has 0 radical (unpaired) electrons. The Morgan fingerprint density at radius 3 is 2.63 bits per heavy atom. The summed E-state index contributed by atoms with van der Waals surface area (Å²) in [5.74, 6) is 1.97. The average molecular weight is 257 g/mol. The van der Waals surface area contributed by atoms with Gasteiger partial charge in [-0.2, -0.15) is 4.98 Å². The van der Waals surface area contributed by atoms with Crippen LogP contribution in [0.2, 0.25) is 0 Å². The molecule has 0 aliphatic rings. The topological polar surface area (TPSA) is 47.0 Å². The van der Waals surface area contributed by atoms with Crippen LogP contribution in [-0.4, -0.2) is 17.0 Å². The molecule has 0 atom stereocenters. The Morgan fingerprint density at radius 2 is 1.95 bits per heavy atom. The minimum atomic E-state index is 0.494. The Balaban J connectivity index is 2.02. The second kappa shape index (κ2) is 6.73. The highest BCUT2D eigenvalue weighted by Crippen LogP contribution is 2.20. The first-order valence-corrected chi connectivity index (χ1v) is 6.58. The summed E-state index contributed by atoms with van der Waals surface area (Å²) in [5.41, 5.74) is 1.34. The zero-order chi connectivity index (χ0) is 13.5. The quantitative estimate of drug-likeness (QED) is 0.858. The van der Waals surface area contributed by atoms with Crippen LogP contribution in [-0.2, 0) is 6.42 Å². The molecule has 0 spiro atoms. The maximum Gasteiger partial charge on any atom is 0.239 e. The first-order valence-electron chi connectivity index (χ1n) is 6.58. The molecule has 0 aliphatic heterocycles. The van der Waals surface area contributed by atoms with Gasteiger partial charge in [0.25, 0.3) is 0 Å². The molecule has 0 bridgehead atoms. The van der Waals surface area contributed by atoms with Gasteiger partial charge in [0.1, 0.15) is 11.6 Å². The lowest BCUT2D eigenvalue weighted by molar-refractivity contribution is 0.461. The molecular weight excluding hydrogens is 238 g/mol. The van der Waals surface area contributed by atoms with E-state index >= 15 is 0 Å². The predicted molar refractivity (Wildman–Crippen MR) is 76.7 cm³/mol. The minimum Gasteiger partial charge on any atom is -0.437 e. The van der Waals surface area contributed by atoms with E-state index in [0.29, 0.717) is 11.7 Å². The van der Waals surface area contributed by atoms with E-state index in [0.717, 1.165) is 12.2 Å². The molecule has 2 rings (SSSR count). The van der Waals surface area contributed by atoms with Gasteiger partial charge in [-0.15, -0.1) is 0 Å². The van der Waals surface area contributed by atoms with Crippen LogP contribution in [0.5, 0.6) is 11.6 Å². The first kappa shape index (κ1) is 13.3. The molecule has 4 heteroatoms. The van der Waals surface area contributed by atoms with Gasteiger partial charge in [0, 0.05) is 7.05 Å². The minimum absolute atomic E-state index is 0.494. The lowest BCUT2D eigenvalue weighted by Gasteiger charge is -2.06. The number of benzene rings is 1. The third-order valence-electron chi connectivity index (χ3n) is 2.83. The predicted octanol–water partition coefficient (Wildman–Crippen LogP) is 3.65. The molecule has 0 unspecified atom stereocenters. The van der Waals surface area contributed by atoms with Gasteiger partial charge in [0.2, 0.25) is 5.88 Å². The van der Waals surface area contributed by atoms with Gasteiger partial charge in [-0.25, -0.2) is 0 Å². The van der Waals surface area contributed by atoms with E-state index in [9.17, 15) is 0 Å². The van der Waals surface area contributed by atoms with Crippen molar-refractivity contribution >= 4 is 5.82 Å². The molecule has 4 nitrogen and oxygen atoms in total. The van der Waals surface area contributed by atoms with E-state index < -0.39 is 0 Å². The van der Waals surface area contributed by atoms with E-state index in [1.807, 2.05) is 12.1 Å². The third-order valence-corrected chi connectivity index (χ3v) is 2.83. The number of hydrogen-bond acceptors (Lipinski definition) is 4. The van der Waals surface area contributed by atoms with Gasteiger partial charge in [-0.05, 0) is 30.5 Å². The van der Waals surface area contributed by atoms with Crippen molar-refractivity contribution in [3.8, 4) is 11.6 Å². The molecule has 0 amide bonds. The summed E-state index contributed by atoms with van der Waals surface area (Å²) in [6.07, 6.45) is 6.80. The van der Waals surface area contributed by atoms with E-state index in [2.05, 4.69) is 34.3 Å².